The lowest BCUT2D eigenvalue weighted by Gasteiger charge is -2.42. The second-order valence-electron chi connectivity index (χ2n) is 5.17. The summed E-state index contributed by atoms with van der Waals surface area (Å²) in [6, 6.07) is 0. The number of carbonyl (C=O) groups excluding carboxylic acids is 3. The van der Waals surface area contributed by atoms with Gasteiger partial charge in [0.15, 0.2) is 24.6 Å². The Balaban J connectivity index is 3.11. The van der Waals surface area contributed by atoms with Crippen LogP contribution in [-0.4, -0.2) is 65.4 Å². The summed E-state index contributed by atoms with van der Waals surface area (Å²) in [5.41, 5.74) is 0. The molecule has 2 N–H and O–H groups in total. The molecule has 0 aliphatic carbocycles. The Morgan fingerprint density at radius 2 is 1.25 bits per heavy atom. The number of aliphatic hydroxyl groups excluding tert-OH is 2. The molecule has 1 aliphatic rings. The lowest BCUT2D eigenvalue weighted by molar-refractivity contribution is -0.296. The van der Waals surface area contributed by atoms with E-state index in [0.29, 0.717) is 0 Å². The van der Waals surface area contributed by atoms with Gasteiger partial charge in [0.2, 0.25) is 0 Å². The summed E-state index contributed by atoms with van der Waals surface area (Å²) in [5.74, 6) is -1.90. The van der Waals surface area contributed by atoms with Gasteiger partial charge >= 0.3 is 17.9 Å². The van der Waals surface area contributed by atoms with Gasteiger partial charge in [-0.15, -0.1) is 0 Å². The molecule has 0 aromatic heterocycles. The van der Waals surface area contributed by atoms with E-state index in [-0.39, 0.29) is 19.3 Å². The van der Waals surface area contributed by atoms with Crippen molar-refractivity contribution in [2.75, 3.05) is 6.61 Å². The van der Waals surface area contributed by atoms with Crippen LogP contribution in [0.15, 0.2) is 0 Å². The third-order valence-corrected chi connectivity index (χ3v) is 3.46. The number of aliphatic hydroxyl groups is 2. The highest BCUT2D eigenvalue weighted by molar-refractivity contribution is 5.71. The Hall–Kier alpha value is -1.71. The molecule has 0 bridgehead atoms. The van der Waals surface area contributed by atoms with Crippen LogP contribution in [0.25, 0.3) is 0 Å². The zero-order valence-electron chi connectivity index (χ0n) is 14.0. The number of esters is 3. The van der Waals surface area contributed by atoms with Crippen LogP contribution in [0.5, 0.6) is 0 Å². The molecular weight excluding hydrogens is 324 g/mol. The molecule has 1 heterocycles. The van der Waals surface area contributed by atoms with Crippen molar-refractivity contribution in [3.8, 4) is 0 Å². The van der Waals surface area contributed by atoms with E-state index in [9.17, 15) is 24.6 Å². The van der Waals surface area contributed by atoms with Crippen molar-refractivity contribution in [3.05, 3.63) is 0 Å². The second-order valence-corrected chi connectivity index (χ2v) is 5.17. The van der Waals surface area contributed by atoms with E-state index in [2.05, 4.69) is 0 Å². The summed E-state index contributed by atoms with van der Waals surface area (Å²) in [6.45, 7) is 4.09. The van der Waals surface area contributed by atoms with Gasteiger partial charge in [-0.1, -0.05) is 20.8 Å². The highest BCUT2D eigenvalue weighted by Gasteiger charge is 2.51. The van der Waals surface area contributed by atoms with Crippen molar-refractivity contribution < 1.29 is 43.5 Å². The monoisotopic (exact) mass is 348 g/mol. The lowest BCUT2D eigenvalue weighted by Crippen LogP contribution is -2.62. The zero-order valence-corrected chi connectivity index (χ0v) is 14.0. The predicted molar refractivity (Wildman–Crippen MR) is 78.5 cm³/mol. The third-order valence-electron chi connectivity index (χ3n) is 3.46. The molecule has 24 heavy (non-hydrogen) atoms. The highest BCUT2D eigenvalue weighted by Crippen LogP contribution is 2.28. The summed E-state index contributed by atoms with van der Waals surface area (Å²) in [4.78, 5) is 34.9. The molecule has 1 rings (SSSR count). The maximum absolute atomic E-state index is 11.7. The molecule has 0 spiro atoms. The van der Waals surface area contributed by atoms with Crippen LogP contribution < -0.4 is 0 Å². The second kappa shape index (κ2) is 9.55. The van der Waals surface area contributed by atoms with E-state index < -0.39 is 55.2 Å². The average Bonchev–Trinajstić information content (AvgIpc) is 2.58. The van der Waals surface area contributed by atoms with E-state index in [1.165, 1.54) is 0 Å². The van der Waals surface area contributed by atoms with Gasteiger partial charge in [-0.3, -0.25) is 14.4 Å². The predicted octanol–water partition coefficient (Wildman–Crippen LogP) is -0.339. The molecule has 0 radical (unpaired) electrons. The average molecular weight is 348 g/mol. The van der Waals surface area contributed by atoms with E-state index in [0.717, 1.165) is 0 Å². The number of rotatable bonds is 7. The van der Waals surface area contributed by atoms with Gasteiger partial charge in [-0.2, -0.15) is 0 Å². The van der Waals surface area contributed by atoms with Gasteiger partial charge in [0.05, 0.1) is 6.61 Å². The van der Waals surface area contributed by atoms with E-state index >= 15 is 0 Å². The highest BCUT2D eigenvalue weighted by atomic mass is 16.7. The minimum atomic E-state index is -1.64. The number of hydrogen-bond donors (Lipinski definition) is 2. The lowest BCUT2D eigenvalue weighted by atomic mass is 9.98. The Morgan fingerprint density at radius 1 is 0.833 bits per heavy atom. The molecule has 0 amide bonds. The first-order valence-electron chi connectivity index (χ1n) is 7.90. The minimum Gasteiger partial charge on any atom is -0.455 e. The first kappa shape index (κ1) is 20.3. The summed E-state index contributed by atoms with van der Waals surface area (Å²) >= 11 is 0. The smallest absolute Gasteiger partial charge is 0.306 e. The number of carbonyl (C=O) groups is 3. The fourth-order valence-electron chi connectivity index (χ4n) is 2.15. The normalized spacial score (nSPS) is 29.6. The number of ether oxygens (including phenoxy) is 4. The fraction of sp³-hybridized carbons (Fsp3) is 0.800. The molecule has 5 atom stereocenters. The summed E-state index contributed by atoms with van der Waals surface area (Å²) in [7, 11) is 0. The molecule has 0 aromatic carbocycles. The van der Waals surface area contributed by atoms with Crippen LogP contribution in [-0.2, 0) is 33.3 Å². The maximum Gasteiger partial charge on any atom is 0.306 e. The van der Waals surface area contributed by atoms with Gasteiger partial charge in [0, 0.05) is 19.3 Å². The fourth-order valence-corrected chi connectivity index (χ4v) is 2.15. The summed E-state index contributed by atoms with van der Waals surface area (Å²) in [5, 5.41) is 19.5. The van der Waals surface area contributed by atoms with Gasteiger partial charge in [0.1, 0.15) is 6.10 Å². The zero-order chi connectivity index (χ0) is 18.3. The summed E-state index contributed by atoms with van der Waals surface area (Å²) < 4.78 is 20.6. The molecule has 9 nitrogen and oxygen atoms in total. The van der Waals surface area contributed by atoms with Crippen molar-refractivity contribution >= 4 is 17.9 Å². The molecule has 1 saturated heterocycles. The van der Waals surface area contributed by atoms with E-state index in [4.69, 9.17) is 18.9 Å². The third kappa shape index (κ3) is 5.15. The Bertz CT molecular complexity index is 450. The Labute approximate surface area is 139 Å². The summed E-state index contributed by atoms with van der Waals surface area (Å²) in [6.07, 6.45) is -6.53. The van der Waals surface area contributed by atoms with Crippen LogP contribution in [0.4, 0.5) is 0 Å². The van der Waals surface area contributed by atoms with Crippen LogP contribution in [0, 0.1) is 0 Å². The standard InChI is InChI=1S/C15H24O9/c1-4-9(17)22-12-8(7-16)21-15(20)14(24-11(19)6-3)13(12)23-10(18)5-2/h8,12-16,20H,4-7H2,1-3H3/t8-,12-,13+,14-,15-/m1/s1. The molecule has 1 aliphatic heterocycles. The molecule has 0 saturated carbocycles. The molecule has 138 valence electrons. The Kier molecular flexibility index (Phi) is 8.09. The van der Waals surface area contributed by atoms with Gasteiger partial charge in [-0.05, 0) is 0 Å². The van der Waals surface area contributed by atoms with Crippen LogP contribution >= 0.6 is 0 Å². The van der Waals surface area contributed by atoms with Crippen LogP contribution in [0.2, 0.25) is 0 Å². The molecule has 0 aromatic rings. The van der Waals surface area contributed by atoms with Crippen molar-refractivity contribution in [3.63, 3.8) is 0 Å². The first-order chi connectivity index (χ1) is 11.4. The molecule has 1 fully saturated rings. The van der Waals surface area contributed by atoms with Crippen molar-refractivity contribution in [2.24, 2.45) is 0 Å². The van der Waals surface area contributed by atoms with Crippen molar-refractivity contribution in [1.82, 2.24) is 0 Å². The van der Waals surface area contributed by atoms with Gasteiger partial charge in [0.25, 0.3) is 0 Å². The largest absolute Gasteiger partial charge is 0.455 e. The first-order valence-corrected chi connectivity index (χ1v) is 7.90. The van der Waals surface area contributed by atoms with Gasteiger partial charge < -0.3 is 29.2 Å². The van der Waals surface area contributed by atoms with Crippen molar-refractivity contribution in [1.29, 1.82) is 0 Å². The molecule has 0 unspecified atom stereocenters. The maximum atomic E-state index is 11.7. The van der Waals surface area contributed by atoms with Crippen molar-refractivity contribution in [2.45, 2.75) is 70.7 Å². The molecule has 9 heteroatoms. The quantitative estimate of drug-likeness (QED) is 0.469. The topological polar surface area (TPSA) is 129 Å². The minimum absolute atomic E-state index is 0.0279. The molecular formula is C15H24O9. The number of hydrogen-bond acceptors (Lipinski definition) is 9. The van der Waals surface area contributed by atoms with Crippen LogP contribution in [0.3, 0.4) is 0 Å². The Morgan fingerprint density at radius 3 is 1.67 bits per heavy atom. The SMILES string of the molecule is CCC(=O)O[C@@H]1[C@@H](OC(=O)CC)[C@H](O)O[C@H](CO)[C@H]1OC(=O)CC. The van der Waals surface area contributed by atoms with E-state index in [1.54, 1.807) is 20.8 Å². The van der Waals surface area contributed by atoms with Crippen LogP contribution in [0.1, 0.15) is 40.0 Å². The van der Waals surface area contributed by atoms with E-state index in [1.807, 2.05) is 0 Å². The van der Waals surface area contributed by atoms with Gasteiger partial charge in [-0.25, -0.2) is 0 Å².